The molecule has 1 N–H and O–H groups in total. The predicted molar refractivity (Wildman–Crippen MR) is 93.0 cm³/mol. The van der Waals surface area contributed by atoms with E-state index in [2.05, 4.69) is 15.5 Å². The smallest absolute Gasteiger partial charge is 0.267 e. The average Bonchev–Trinajstić information content (AvgIpc) is 2.57. The first-order valence-electron chi connectivity index (χ1n) is 7.19. The van der Waals surface area contributed by atoms with E-state index in [1.165, 1.54) is 30.5 Å². The number of aromatic nitrogens is 1. The van der Waals surface area contributed by atoms with Crippen LogP contribution in [0.1, 0.15) is 21.5 Å². The molecule has 24 heavy (non-hydrogen) atoms. The molecule has 0 spiro atoms. The second-order valence-corrected chi connectivity index (χ2v) is 5.58. The van der Waals surface area contributed by atoms with Crippen LogP contribution in [0.5, 0.6) is 0 Å². The molecule has 120 valence electrons. The quantitative estimate of drug-likeness (QED) is 0.443. The fourth-order valence-corrected chi connectivity index (χ4v) is 2.45. The van der Waals surface area contributed by atoms with Gasteiger partial charge in [0, 0.05) is 16.5 Å². The number of fused-ring (bicyclic) bond motifs is 1. The summed E-state index contributed by atoms with van der Waals surface area (Å²) in [5.74, 6) is -0.841. The van der Waals surface area contributed by atoms with Gasteiger partial charge in [-0.1, -0.05) is 29.8 Å². The molecular weight excluding hydrogens is 329 g/mol. The molecule has 4 nitrogen and oxygen atoms in total. The summed E-state index contributed by atoms with van der Waals surface area (Å²) in [5, 5.41) is 5.13. The Morgan fingerprint density at radius 1 is 1.25 bits per heavy atom. The Hall–Kier alpha value is -2.79. The first kappa shape index (κ1) is 16.1. The Balaban J connectivity index is 1.79. The van der Waals surface area contributed by atoms with Gasteiger partial charge in [0.2, 0.25) is 0 Å². The van der Waals surface area contributed by atoms with Gasteiger partial charge in [0.05, 0.1) is 11.7 Å². The number of hydrogen-bond donors (Lipinski definition) is 1. The van der Waals surface area contributed by atoms with E-state index in [1.54, 1.807) is 0 Å². The molecule has 0 saturated heterocycles. The first-order chi connectivity index (χ1) is 11.5. The van der Waals surface area contributed by atoms with Gasteiger partial charge in [-0.2, -0.15) is 5.10 Å². The lowest BCUT2D eigenvalue weighted by atomic mass is 10.1. The average molecular weight is 342 g/mol. The third-order valence-corrected chi connectivity index (χ3v) is 3.81. The van der Waals surface area contributed by atoms with Gasteiger partial charge in [-0.15, -0.1) is 0 Å². The van der Waals surface area contributed by atoms with E-state index in [4.69, 9.17) is 11.6 Å². The number of hydrogen-bond acceptors (Lipinski definition) is 3. The highest BCUT2D eigenvalue weighted by Gasteiger charge is 2.06. The van der Waals surface area contributed by atoms with E-state index in [0.29, 0.717) is 16.3 Å². The highest BCUT2D eigenvalue weighted by atomic mass is 35.5. The van der Waals surface area contributed by atoms with Crippen molar-refractivity contribution in [3.63, 3.8) is 0 Å². The van der Waals surface area contributed by atoms with Crippen molar-refractivity contribution in [1.82, 2.24) is 10.4 Å². The summed E-state index contributed by atoms with van der Waals surface area (Å²) in [7, 11) is 0. The maximum atomic E-state index is 12.8. The largest absolute Gasteiger partial charge is 0.271 e. The standard InChI is InChI=1S/C18H13ClFN3O/c1-11-3-2-4-13-9-14(17(19)22-16(11)13)10-21-23-18(24)12-5-7-15(20)8-6-12/h2-10H,1H3,(H,23,24)/b21-10-. The van der Waals surface area contributed by atoms with Gasteiger partial charge in [0.25, 0.3) is 5.91 Å². The summed E-state index contributed by atoms with van der Waals surface area (Å²) in [6, 6.07) is 12.9. The predicted octanol–water partition coefficient (Wildman–Crippen LogP) is 4.10. The van der Waals surface area contributed by atoms with E-state index in [0.717, 1.165) is 16.5 Å². The molecular formula is C18H13ClFN3O. The van der Waals surface area contributed by atoms with E-state index in [9.17, 15) is 9.18 Å². The van der Waals surface area contributed by atoms with Crippen LogP contribution in [0.4, 0.5) is 4.39 Å². The second-order valence-electron chi connectivity index (χ2n) is 5.22. The minimum atomic E-state index is -0.438. The highest BCUT2D eigenvalue weighted by molar-refractivity contribution is 6.32. The van der Waals surface area contributed by atoms with E-state index in [1.807, 2.05) is 31.2 Å². The minimum absolute atomic E-state index is 0.302. The molecule has 0 bridgehead atoms. The summed E-state index contributed by atoms with van der Waals surface area (Å²) in [5.41, 5.74) is 5.14. The van der Waals surface area contributed by atoms with Crippen molar-refractivity contribution in [1.29, 1.82) is 0 Å². The number of rotatable bonds is 3. The first-order valence-corrected chi connectivity index (χ1v) is 7.57. The van der Waals surface area contributed by atoms with Gasteiger partial charge < -0.3 is 0 Å². The van der Waals surface area contributed by atoms with Crippen LogP contribution in [0.25, 0.3) is 10.9 Å². The Kier molecular flexibility index (Phi) is 4.53. The SMILES string of the molecule is Cc1cccc2cc(/C=N\NC(=O)c3ccc(F)cc3)c(Cl)nc12. The summed E-state index contributed by atoms with van der Waals surface area (Å²) < 4.78 is 12.8. The molecule has 6 heteroatoms. The van der Waals surface area contributed by atoms with Crippen molar-refractivity contribution in [2.24, 2.45) is 5.10 Å². The molecule has 1 aromatic heterocycles. The number of halogens is 2. The molecule has 3 aromatic rings. The summed E-state index contributed by atoms with van der Waals surface area (Å²) in [4.78, 5) is 16.3. The number of benzene rings is 2. The molecule has 1 amide bonds. The third kappa shape index (κ3) is 3.41. The zero-order valence-corrected chi connectivity index (χ0v) is 13.5. The number of nitrogens with zero attached hydrogens (tertiary/aromatic N) is 2. The fourth-order valence-electron chi connectivity index (χ4n) is 2.26. The Labute approximate surface area is 143 Å². The van der Waals surface area contributed by atoms with Gasteiger partial charge in [-0.25, -0.2) is 14.8 Å². The van der Waals surface area contributed by atoms with Gasteiger partial charge >= 0.3 is 0 Å². The van der Waals surface area contributed by atoms with Crippen molar-refractivity contribution in [3.05, 3.63) is 76.2 Å². The summed E-state index contributed by atoms with van der Waals surface area (Å²) in [6.07, 6.45) is 1.43. The molecule has 0 aliphatic carbocycles. The van der Waals surface area contributed by atoms with Crippen molar-refractivity contribution < 1.29 is 9.18 Å². The number of pyridine rings is 1. The van der Waals surface area contributed by atoms with Gasteiger partial charge in [0.1, 0.15) is 11.0 Å². The lowest BCUT2D eigenvalue weighted by Crippen LogP contribution is -2.17. The van der Waals surface area contributed by atoms with Crippen molar-refractivity contribution >= 4 is 34.6 Å². The molecule has 0 aliphatic heterocycles. The highest BCUT2D eigenvalue weighted by Crippen LogP contribution is 2.21. The normalized spacial score (nSPS) is 11.1. The molecule has 0 radical (unpaired) electrons. The van der Waals surface area contributed by atoms with Crippen LogP contribution in [-0.4, -0.2) is 17.1 Å². The maximum absolute atomic E-state index is 12.8. The second kappa shape index (κ2) is 6.76. The lowest BCUT2D eigenvalue weighted by Gasteiger charge is -2.04. The zero-order chi connectivity index (χ0) is 17.1. The molecule has 0 saturated carbocycles. The van der Waals surface area contributed by atoms with Gasteiger partial charge in [-0.05, 0) is 42.8 Å². The summed E-state index contributed by atoms with van der Waals surface area (Å²) >= 11 is 6.17. The number of nitrogens with one attached hydrogen (secondary N) is 1. The van der Waals surface area contributed by atoms with Crippen LogP contribution in [-0.2, 0) is 0 Å². The number of carbonyl (C=O) groups is 1. The molecule has 0 aliphatic rings. The molecule has 0 unspecified atom stereocenters. The van der Waals surface area contributed by atoms with E-state index in [-0.39, 0.29) is 0 Å². The fraction of sp³-hybridized carbons (Fsp3) is 0.0556. The lowest BCUT2D eigenvalue weighted by molar-refractivity contribution is 0.0955. The molecule has 1 heterocycles. The topological polar surface area (TPSA) is 54.4 Å². The number of hydrazone groups is 1. The van der Waals surface area contributed by atoms with Crippen LogP contribution in [0.3, 0.4) is 0 Å². The number of aryl methyl sites for hydroxylation is 1. The molecule has 2 aromatic carbocycles. The van der Waals surface area contributed by atoms with Crippen molar-refractivity contribution in [2.75, 3.05) is 0 Å². The monoisotopic (exact) mass is 341 g/mol. The minimum Gasteiger partial charge on any atom is -0.267 e. The molecule has 0 fully saturated rings. The molecule has 3 rings (SSSR count). The van der Waals surface area contributed by atoms with Crippen molar-refractivity contribution in [3.8, 4) is 0 Å². The van der Waals surface area contributed by atoms with Crippen LogP contribution < -0.4 is 5.43 Å². The van der Waals surface area contributed by atoms with Crippen LogP contribution >= 0.6 is 11.6 Å². The molecule has 0 atom stereocenters. The Bertz CT molecular complexity index is 939. The van der Waals surface area contributed by atoms with E-state index >= 15 is 0 Å². The van der Waals surface area contributed by atoms with Crippen molar-refractivity contribution in [2.45, 2.75) is 6.92 Å². The van der Waals surface area contributed by atoms with Gasteiger partial charge in [0.15, 0.2) is 0 Å². The third-order valence-electron chi connectivity index (χ3n) is 3.50. The van der Waals surface area contributed by atoms with Crippen LogP contribution in [0, 0.1) is 12.7 Å². The van der Waals surface area contributed by atoms with Crippen LogP contribution in [0.2, 0.25) is 5.15 Å². The number of amides is 1. The van der Waals surface area contributed by atoms with Gasteiger partial charge in [-0.3, -0.25) is 4.79 Å². The Morgan fingerprint density at radius 3 is 2.75 bits per heavy atom. The number of carbonyl (C=O) groups excluding carboxylic acids is 1. The summed E-state index contributed by atoms with van der Waals surface area (Å²) in [6.45, 7) is 1.96. The van der Waals surface area contributed by atoms with Crippen LogP contribution in [0.15, 0.2) is 53.6 Å². The Morgan fingerprint density at radius 2 is 2.00 bits per heavy atom. The maximum Gasteiger partial charge on any atom is 0.271 e. The zero-order valence-electron chi connectivity index (χ0n) is 12.8. The number of para-hydroxylation sites is 1. The van der Waals surface area contributed by atoms with E-state index < -0.39 is 11.7 Å².